The Balaban J connectivity index is 1.82. The van der Waals surface area contributed by atoms with Gasteiger partial charge in [0.05, 0.1) is 6.54 Å². The number of anilines is 1. The maximum Gasteiger partial charge on any atom is 0.243 e. The van der Waals surface area contributed by atoms with Crippen LogP contribution in [0.25, 0.3) is 0 Å². The van der Waals surface area contributed by atoms with Crippen LogP contribution in [0, 0.1) is 5.41 Å². The molecule has 21 heavy (non-hydrogen) atoms. The SMILES string of the molecule is CN=C(NCC(=O)Nc1ccccc1)N1CCC(C)(C)C1. The highest BCUT2D eigenvalue weighted by atomic mass is 16.1. The van der Waals surface area contributed by atoms with E-state index >= 15 is 0 Å². The average Bonchev–Trinajstić information content (AvgIpc) is 2.81. The van der Waals surface area contributed by atoms with Crippen LogP contribution in [0.5, 0.6) is 0 Å². The van der Waals surface area contributed by atoms with Crippen molar-refractivity contribution in [1.29, 1.82) is 0 Å². The van der Waals surface area contributed by atoms with E-state index < -0.39 is 0 Å². The lowest BCUT2D eigenvalue weighted by atomic mass is 9.93. The van der Waals surface area contributed by atoms with Gasteiger partial charge in [0.25, 0.3) is 0 Å². The van der Waals surface area contributed by atoms with Crippen LogP contribution in [-0.2, 0) is 4.79 Å². The number of carbonyl (C=O) groups is 1. The lowest BCUT2D eigenvalue weighted by Crippen LogP contribution is -2.43. The van der Waals surface area contributed by atoms with Gasteiger partial charge in [-0.2, -0.15) is 0 Å². The predicted molar refractivity (Wildman–Crippen MR) is 86.4 cm³/mol. The van der Waals surface area contributed by atoms with E-state index in [1.54, 1.807) is 7.05 Å². The number of aliphatic imine (C=N–C) groups is 1. The van der Waals surface area contributed by atoms with Crippen molar-refractivity contribution >= 4 is 17.6 Å². The maximum atomic E-state index is 11.9. The Bertz CT molecular complexity index is 510. The molecule has 114 valence electrons. The molecule has 1 heterocycles. The number of nitrogens with zero attached hydrogens (tertiary/aromatic N) is 2. The molecule has 0 aliphatic carbocycles. The molecular weight excluding hydrogens is 264 g/mol. The summed E-state index contributed by atoms with van der Waals surface area (Å²) in [4.78, 5) is 18.4. The van der Waals surface area contributed by atoms with E-state index in [0.717, 1.165) is 31.2 Å². The summed E-state index contributed by atoms with van der Waals surface area (Å²) in [5.74, 6) is 0.726. The van der Waals surface area contributed by atoms with Crippen LogP contribution >= 0.6 is 0 Å². The van der Waals surface area contributed by atoms with Crippen LogP contribution in [0.1, 0.15) is 20.3 Å². The molecule has 1 saturated heterocycles. The number of hydrogen-bond donors (Lipinski definition) is 2. The molecule has 0 bridgehead atoms. The van der Waals surface area contributed by atoms with Crippen molar-refractivity contribution < 1.29 is 4.79 Å². The van der Waals surface area contributed by atoms with Gasteiger partial charge in [-0.25, -0.2) is 0 Å². The van der Waals surface area contributed by atoms with E-state index in [4.69, 9.17) is 0 Å². The number of carbonyl (C=O) groups excluding carboxylic acids is 1. The van der Waals surface area contributed by atoms with Crippen LogP contribution in [0.4, 0.5) is 5.69 Å². The average molecular weight is 288 g/mol. The minimum atomic E-state index is -0.0687. The molecule has 1 aromatic rings. The third-order valence-corrected chi connectivity index (χ3v) is 3.65. The number of para-hydroxylation sites is 1. The first-order chi connectivity index (χ1) is 10.00. The Labute approximate surface area is 126 Å². The molecule has 2 rings (SSSR count). The van der Waals surface area contributed by atoms with Crippen molar-refractivity contribution in [2.45, 2.75) is 20.3 Å². The molecule has 1 aliphatic heterocycles. The number of hydrogen-bond acceptors (Lipinski definition) is 2. The van der Waals surface area contributed by atoms with Crippen LogP contribution in [0.2, 0.25) is 0 Å². The predicted octanol–water partition coefficient (Wildman–Crippen LogP) is 1.93. The Morgan fingerprint density at radius 1 is 1.33 bits per heavy atom. The largest absolute Gasteiger partial charge is 0.347 e. The molecule has 5 heteroatoms. The van der Waals surface area contributed by atoms with E-state index in [1.807, 2.05) is 30.3 Å². The summed E-state index contributed by atoms with van der Waals surface area (Å²) in [6, 6.07) is 9.46. The molecule has 0 saturated carbocycles. The lowest BCUT2D eigenvalue weighted by molar-refractivity contribution is -0.115. The van der Waals surface area contributed by atoms with Gasteiger partial charge in [-0.05, 0) is 24.0 Å². The fourth-order valence-corrected chi connectivity index (χ4v) is 2.51. The van der Waals surface area contributed by atoms with Crippen LogP contribution < -0.4 is 10.6 Å². The first-order valence-electron chi connectivity index (χ1n) is 7.31. The van der Waals surface area contributed by atoms with Gasteiger partial charge >= 0.3 is 0 Å². The van der Waals surface area contributed by atoms with Gasteiger partial charge in [0.2, 0.25) is 5.91 Å². The highest BCUT2D eigenvalue weighted by Gasteiger charge is 2.30. The highest BCUT2D eigenvalue weighted by molar-refractivity contribution is 5.95. The van der Waals surface area contributed by atoms with Crippen molar-refractivity contribution in [2.24, 2.45) is 10.4 Å². The van der Waals surface area contributed by atoms with Gasteiger partial charge in [0.15, 0.2) is 5.96 Å². The Kier molecular flexibility index (Phi) is 4.83. The topological polar surface area (TPSA) is 56.7 Å². The monoisotopic (exact) mass is 288 g/mol. The molecule has 0 spiro atoms. The Morgan fingerprint density at radius 3 is 2.62 bits per heavy atom. The number of rotatable bonds is 3. The van der Waals surface area contributed by atoms with Gasteiger partial charge in [-0.1, -0.05) is 32.0 Å². The molecule has 1 aromatic carbocycles. The van der Waals surface area contributed by atoms with E-state index in [-0.39, 0.29) is 12.5 Å². The first-order valence-corrected chi connectivity index (χ1v) is 7.31. The zero-order valence-electron chi connectivity index (χ0n) is 13.0. The highest BCUT2D eigenvalue weighted by Crippen LogP contribution is 2.28. The first kappa shape index (κ1) is 15.4. The normalized spacial score (nSPS) is 17.7. The molecule has 2 N–H and O–H groups in total. The van der Waals surface area contributed by atoms with E-state index in [2.05, 4.69) is 34.4 Å². The van der Waals surface area contributed by atoms with Gasteiger partial charge < -0.3 is 15.5 Å². The van der Waals surface area contributed by atoms with Gasteiger partial charge in [-0.3, -0.25) is 9.79 Å². The van der Waals surface area contributed by atoms with Gasteiger partial charge in [0.1, 0.15) is 0 Å². The summed E-state index contributed by atoms with van der Waals surface area (Å²) in [5, 5.41) is 5.99. The Hall–Kier alpha value is -2.04. The van der Waals surface area contributed by atoms with E-state index in [9.17, 15) is 4.79 Å². The van der Waals surface area contributed by atoms with Crippen molar-refractivity contribution in [1.82, 2.24) is 10.2 Å². The van der Waals surface area contributed by atoms with Gasteiger partial charge in [0, 0.05) is 25.8 Å². The summed E-state index contributed by atoms with van der Waals surface area (Å²) >= 11 is 0. The molecule has 1 fully saturated rings. The van der Waals surface area contributed by atoms with Crippen molar-refractivity contribution in [3.63, 3.8) is 0 Å². The fourth-order valence-electron chi connectivity index (χ4n) is 2.51. The molecule has 0 aromatic heterocycles. The molecule has 5 nitrogen and oxygen atoms in total. The molecule has 0 radical (unpaired) electrons. The minimum Gasteiger partial charge on any atom is -0.347 e. The fraction of sp³-hybridized carbons (Fsp3) is 0.500. The van der Waals surface area contributed by atoms with Gasteiger partial charge in [-0.15, -0.1) is 0 Å². The lowest BCUT2D eigenvalue weighted by Gasteiger charge is -2.23. The van der Waals surface area contributed by atoms with Crippen molar-refractivity contribution in [3.8, 4) is 0 Å². The van der Waals surface area contributed by atoms with E-state index in [0.29, 0.717) is 5.41 Å². The van der Waals surface area contributed by atoms with Crippen molar-refractivity contribution in [3.05, 3.63) is 30.3 Å². The molecular formula is C16H24N4O. The molecule has 1 aliphatic rings. The zero-order valence-corrected chi connectivity index (χ0v) is 13.0. The summed E-state index contributed by atoms with van der Waals surface area (Å²) in [6.45, 7) is 6.67. The third kappa shape index (κ3) is 4.48. The van der Waals surface area contributed by atoms with E-state index in [1.165, 1.54) is 0 Å². The summed E-state index contributed by atoms with van der Waals surface area (Å²) in [6.07, 6.45) is 1.14. The maximum absolute atomic E-state index is 11.9. The summed E-state index contributed by atoms with van der Waals surface area (Å²) in [7, 11) is 1.75. The molecule has 1 amide bonds. The number of nitrogens with one attached hydrogen (secondary N) is 2. The second-order valence-corrected chi connectivity index (χ2v) is 6.15. The summed E-state index contributed by atoms with van der Waals surface area (Å²) in [5.41, 5.74) is 1.12. The van der Waals surface area contributed by atoms with Crippen molar-refractivity contribution in [2.75, 3.05) is 32.0 Å². The number of benzene rings is 1. The second kappa shape index (κ2) is 6.61. The summed E-state index contributed by atoms with van der Waals surface area (Å²) < 4.78 is 0. The van der Waals surface area contributed by atoms with Crippen LogP contribution in [0.3, 0.4) is 0 Å². The molecule has 0 atom stereocenters. The van der Waals surface area contributed by atoms with Crippen LogP contribution in [-0.4, -0.2) is 43.4 Å². The second-order valence-electron chi connectivity index (χ2n) is 6.15. The minimum absolute atomic E-state index is 0.0687. The quantitative estimate of drug-likeness (QED) is 0.660. The number of guanidine groups is 1. The Morgan fingerprint density at radius 2 is 2.05 bits per heavy atom. The van der Waals surface area contributed by atoms with Crippen LogP contribution in [0.15, 0.2) is 35.3 Å². The smallest absolute Gasteiger partial charge is 0.243 e. The standard InChI is InChI=1S/C16H24N4O/c1-16(2)9-10-20(12-16)15(17-3)18-11-14(21)19-13-7-5-4-6-8-13/h4-8H,9-12H2,1-3H3,(H,17,18)(H,19,21). The number of amides is 1. The third-order valence-electron chi connectivity index (χ3n) is 3.65. The zero-order chi connectivity index (χ0) is 15.3. The number of likely N-dealkylation sites (tertiary alicyclic amines) is 1. The molecule has 0 unspecified atom stereocenters.